The average molecular weight is 303 g/mol. The molecule has 2 saturated heterocycles. The number of carbonyl (C=O) groups excluding carboxylic acids is 1. The molecule has 2 fully saturated rings. The molecule has 2 rings (SSSR count). The van der Waals surface area contributed by atoms with E-state index in [-0.39, 0.29) is 8.71 Å². The maximum absolute atomic E-state index is 11.4. The molecule has 0 N–H and O–H groups in total. The highest BCUT2D eigenvalue weighted by molar-refractivity contribution is 8.61. The normalized spacial score (nSPS) is 37.7. The van der Waals surface area contributed by atoms with E-state index in [1.54, 1.807) is 0 Å². The number of rotatable bonds is 2. The summed E-state index contributed by atoms with van der Waals surface area (Å²) >= 11 is 9.73. The number of thiol groups is 1. The highest BCUT2D eigenvalue weighted by Gasteiger charge is 2.53. The summed E-state index contributed by atoms with van der Waals surface area (Å²) in [5.41, 5.74) is 0. The molecule has 88 valence electrons. The molecule has 1 spiro atoms. The molecule has 0 aliphatic carbocycles. The van der Waals surface area contributed by atoms with Crippen LogP contribution in [0.25, 0.3) is 0 Å². The monoisotopic (exact) mass is 302 g/mol. The molecule has 2 aliphatic rings. The van der Waals surface area contributed by atoms with Gasteiger partial charge in [-0.05, 0) is 12.0 Å². The minimum absolute atomic E-state index is 0.161. The van der Waals surface area contributed by atoms with E-state index in [2.05, 4.69) is 23.3 Å². The Morgan fingerprint density at radius 1 is 1.40 bits per heavy atom. The van der Waals surface area contributed by atoms with Crippen molar-refractivity contribution in [2.75, 3.05) is 35.0 Å². The Labute approximate surface area is 110 Å². The van der Waals surface area contributed by atoms with E-state index in [1.165, 1.54) is 23.0 Å². The minimum Gasteiger partial charge on any atom is -0.394 e. The maximum atomic E-state index is 11.4. The number of hydrogen-bond donors (Lipinski definition) is 1. The van der Waals surface area contributed by atoms with Crippen LogP contribution < -0.4 is 0 Å². The third kappa shape index (κ3) is 2.27. The first kappa shape index (κ1) is 12.7. The van der Waals surface area contributed by atoms with Crippen molar-refractivity contribution in [2.24, 2.45) is 0 Å². The first-order valence-electron chi connectivity index (χ1n) is 4.61. The Balaban J connectivity index is 2.14. The van der Waals surface area contributed by atoms with Crippen molar-refractivity contribution in [3.05, 3.63) is 0 Å². The molecule has 0 amide bonds. The van der Waals surface area contributed by atoms with Crippen molar-refractivity contribution in [1.82, 2.24) is 0 Å². The van der Waals surface area contributed by atoms with E-state index in [9.17, 15) is 4.79 Å². The fraction of sp³-hybridized carbons (Fsp3) is 0.875. The van der Waals surface area contributed by atoms with E-state index in [1.807, 2.05) is 35.3 Å². The lowest BCUT2D eigenvalue weighted by molar-refractivity contribution is -0.129. The molecule has 0 aromatic carbocycles. The zero-order valence-electron chi connectivity index (χ0n) is 8.43. The molecule has 0 bridgehead atoms. The van der Waals surface area contributed by atoms with Crippen molar-refractivity contribution >= 4 is 64.2 Å². The second kappa shape index (κ2) is 4.84. The van der Waals surface area contributed by atoms with Crippen LogP contribution in [0, 0.1) is 0 Å². The van der Waals surface area contributed by atoms with Crippen LogP contribution in [0.15, 0.2) is 0 Å². The van der Waals surface area contributed by atoms with Crippen LogP contribution in [-0.4, -0.2) is 43.7 Å². The molecule has 15 heavy (non-hydrogen) atoms. The molecule has 0 aromatic rings. The van der Waals surface area contributed by atoms with Gasteiger partial charge in [0.05, 0.1) is 5.75 Å². The first-order valence-corrected chi connectivity index (χ1v) is 10.3. The summed E-state index contributed by atoms with van der Waals surface area (Å²) < 4.78 is 4.80. The van der Waals surface area contributed by atoms with Crippen molar-refractivity contribution in [2.45, 2.75) is 2.74 Å². The van der Waals surface area contributed by atoms with Crippen LogP contribution in [0.3, 0.4) is 0 Å². The third-order valence-electron chi connectivity index (χ3n) is 2.60. The summed E-state index contributed by atoms with van der Waals surface area (Å²) in [5.74, 6) is 5.22. The van der Waals surface area contributed by atoms with Crippen LogP contribution in [0.5, 0.6) is 0 Å². The topological polar surface area (TPSA) is 26.3 Å². The quantitative estimate of drug-likeness (QED) is 0.625. The molecule has 1 unspecified atom stereocenters. The Morgan fingerprint density at radius 2 is 2.00 bits per heavy atom. The maximum Gasteiger partial charge on any atom is 0.326 e. The summed E-state index contributed by atoms with van der Waals surface area (Å²) in [6, 6.07) is 0. The molecule has 2 nitrogen and oxygen atoms in total. The highest BCUT2D eigenvalue weighted by Crippen LogP contribution is 2.77. The zero-order valence-corrected chi connectivity index (χ0v) is 12.6. The lowest BCUT2D eigenvalue weighted by Crippen LogP contribution is -2.25. The molecule has 0 radical (unpaired) electrons. The van der Waals surface area contributed by atoms with Gasteiger partial charge in [-0.1, -0.05) is 0 Å². The van der Waals surface area contributed by atoms with Crippen molar-refractivity contribution in [1.29, 1.82) is 0 Å². The molecule has 7 heteroatoms. The fourth-order valence-corrected chi connectivity index (χ4v) is 14.3. The summed E-state index contributed by atoms with van der Waals surface area (Å²) in [5, 5.41) is 0. The van der Waals surface area contributed by atoms with Crippen LogP contribution in [-0.2, 0) is 8.98 Å². The SMILES string of the molecule is CS1(CC(=O)OS)CCSC12SCCS2. The Bertz CT molecular complexity index is 260. The summed E-state index contributed by atoms with van der Waals surface area (Å²) in [4.78, 5) is 11.4. The number of thioether (sulfide) groups is 3. The van der Waals surface area contributed by atoms with Gasteiger partial charge in [0, 0.05) is 30.2 Å². The molecule has 0 aromatic heterocycles. The predicted molar refractivity (Wildman–Crippen MR) is 78.4 cm³/mol. The van der Waals surface area contributed by atoms with Gasteiger partial charge in [-0.15, -0.1) is 35.3 Å². The lowest BCUT2D eigenvalue weighted by atomic mass is 10.8. The fourth-order valence-electron chi connectivity index (χ4n) is 1.81. The number of hydrogen-bond acceptors (Lipinski definition) is 6. The van der Waals surface area contributed by atoms with E-state index in [4.69, 9.17) is 0 Å². The second-order valence-corrected chi connectivity index (χ2v) is 13.2. The molecule has 2 aliphatic heterocycles. The Hall–Kier alpha value is 1.22. The van der Waals surface area contributed by atoms with Gasteiger partial charge in [-0.2, -0.15) is 0 Å². The van der Waals surface area contributed by atoms with E-state index < -0.39 is 10.0 Å². The number of carbonyl (C=O) groups is 1. The van der Waals surface area contributed by atoms with Gasteiger partial charge in [0.25, 0.3) is 0 Å². The van der Waals surface area contributed by atoms with Gasteiger partial charge >= 0.3 is 5.97 Å². The Morgan fingerprint density at radius 3 is 2.60 bits per heavy atom. The van der Waals surface area contributed by atoms with Gasteiger partial charge in [-0.3, -0.25) is 4.79 Å². The average Bonchev–Trinajstić information content (AvgIpc) is 2.78. The second-order valence-electron chi connectivity index (χ2n) is 3.63. The molecular formula is C8H14O2S5. The lowest BCUT2D eigenvalue weighted by Gasteiger charge is -2.42. The van der Waals surface area contributed by atoms with Crippen molar-refractivity contribution in [3.8, 4) is 0 Å². The van der Waals surface area contributed by atoms with Crippen LogP contribution >= 0.6 is 58.2 Å². The smallest absolute Gasteiger partial charge is 0.326 e. The van der Waals surface area contributed by atoms with E-state index in [0.717, 1.165) is 0 Å². The standard InChI is InChI=1S/C8H14O2S5/c1-15(6-7(9)10-11)5-4-14-8(15)12-2-3-13-8/h11H,2-6H2,1H3. The van der Waals surface area contributed by atoms with Gasteiger partial charge < -0.3 is 4.18 Å². The van der Waals surface area contributed by atoms with Crippen LogP contribution in [0.2, 0.25) is 0 Å². The van der Waals surface area contributed by atoms with E-state index >= 15 is 0 Å². The molecule has 1 atom stereocenters. The van der Waals surface area contributed by atoms with Gasteiger partial charge in [0.1, 0.15) is 2.74 Å². The van der Waals surface area contributed by atoms with Crippen molar-refractivity contribution < 1.29 is 8.98 Å². The zero-order chi connectivity index (χ0) is 10.9. The first-order chi connectivity index (χ1) is 7.12. The largest absolute Gasteiger partial charge is 0.394 e. The molecular weight excluding hydrogens is 288 g/mol. The van der Waals surface area contributed by atoms with Crippen LogP contribution in [0.4, 0.5) is 0 Å². The summed E-state index contributed by atoms with van der Waals surface area (Å²) in [6.07, 6.45) is 2.29. The summed E-state index contributed by atoms with van der Waals surface area (Å²) in [7, 11) is -0.890. The van der Waals surface area contributed by atoms with Gasteiger partial charge in [0.2, 0.25) is 0 Å². The highest BCUT2D eigenvalue weighted by atomic mass is 32.4. The molecule has 2 heterocycles. The van der Waals surface area contributed by atoms with Crippen LogP contribution in [0.1, 0.15) is 0 Å². The Kier molecular flexibility index (Phi) is 4.09. The van der Waals surface area contributed by atoms with Gasteiger partial charge in [0.15, 0.2) is 0 Å². The van der Waals surface area contributed by atoms with E-state index in [0.29, 0.717) is 5.75 Å². The third-order valence-corrected chi connectivity index (χ3v) is 15.6. The minimum atomic E-state index is -0.890. The molecule has 0 saturated carbocycles. The van der Waals surface area contributed by atoms with Crippen molar-refractivity contribution in [3.63, 3.8) is 0 Å². The van der Waals surface area contributed by atoms with Gasteiger partial charge in [-0.25, -0.2) is 10.0 Å². The summed E-state index contributed by atoms with van der Waals surface area (Å²) in [6.45, 7) is 0. The predicted octanol–water partition coefficient (Wildman–Crippen LogP) is 2.65.